The molecule has 32 heavy (non-hydrogen) atoms. The number of nitrogens with zero attached hydrogens (tertiary/aromatic N) is 4. The maximum atomic E-state index is 13.1. The van der Waals surface area contributed by atoms with Gasteiger partial charge in [0.25, 0.3) is 11.5 Å². The molecule has 0 radical (unpaired) electrons. The highest BCUT2D eigenvalue weighted by Gasteiger charge is 2.28. The number of carbonyl (C=O) groups is 2. The van der Waals surface area contributed by atoms with Crippen LogP contribution < -0.4 is 15.8 Å². The van der Waals surface area contributed by atoms with Gasteiger partial charge in [-0.15, -0.1) is 0 Å². The summed E-state index contributed by atoms with van der Waals surface area (Å²) in [4.78, 5) is 41.3. The summed E-state index contributed by atoms with van der Waals surface area (Å²) in [5.74, 6) is -0.332. The number of fused-ring (bicyclic) bond motifs is 2. The summed E-state index contributed by atoms with van der Waals surface area (Å²) in [7, 11) is 1.55. The normalized spacial score (nSPS) is 16.2. The molecule has 9 nitrogen and oxygen atoms in total. The molecule has 2 aliphatic rings. The van der Waals surface area contributed by atoms with Crippen molar-refractivity contribution in [2.75, 3.05) is 31.6 Å². The smallest absolute Gasteiger partial charge is 0.414 e. The summed E-state index contributed by atoms with van der Waals surface area (Å²) in [6.07, 6.45) is 0.425. The lowest BCUT2D eigenvalue weighted by molar-refractivity contribution is 0.0955. The monoisotopic (exact) mass is 433 g/mol. The van der Waals surface area contributed by atoms with Crippen LogP contribution in [0.25, 0.3) is 10.8 Å². The molecule has 0 unspecified atom stereocenters. The van der Waals surface area contributed by atoms with Gasteiger partial charge in [-0.25, -0.2) is 9.48 Å². The van der Waals surface area contributed by atoms with Gasteiger partial charge in [-0.3, -0.25) is 19.4 Å². The number of hydrogen-bond acceptors (Lipinski definition) is 6. The minimum absolute atomic E-state index is 0.229. The zero-order chi connectivity index (χ0) is 22.2. The van der Waals surface area contributed by atoms with Crippen molar-refractivity contribution in [3.05, 3.63) is 69.6 Å². The number of carbonyl (C=O) groups excluding carboxylic acids is 2. The molecule has 3 heterocycles. The van der Waals surface area contributed by atoms with Crippen molar-refractivity contribution in [1.82, 2.24) is 20.0 Å². The van der Waals surface area contributed by atoms with Gasteiger partial charge in [-0.2, -0.15) is 5.10 Å². The summed E-state index contributed by atoms with van der Waals surface area (Å²) >= 11 is 0. The molecule has 1 aromatic heterocycles. The lowest BCUT2D eigenvalue weighted by atomic mass is 9.97. The maximum Gasteiger partial charge on any atom is 0.414 e. The van der Waals surface area contributed by atoms with Crippen LogP contribution in [0.15, 0.2) is 47.3 Å². The van der Waals surface area contributed by atoms with Gasteiger partial charge in [0.05, 0.1) is 24.3 Å². The first-order valence-electron chi connectivity index (χ1n) is 10.6. The minimum Gasteiger partial charge on any atom is -0.447 e. The summed E-state index contributed by atoms with van der Waals surface area (Å²) in [5, 5.41) is 8.00. The van der Waals surface area contributed by atoms with Crippen molar-refractivity contribution in [3.63, 3.8) is 0 Å². The molecule has 0 bridgehead atoms. The molecule has 2 amide bonds. The predicted octanol–water partition coefficient (Wildman–Crippen LogP) is 1.73. The highest BCUT2D eigenvalue weighted by molar-refractivity contribution is 6.04. The Kier molecular flexibility index (Phi) is 5.10. The Morgan fingerprint density at radius 2 is 1.91 bits per heavy atom. The van der Waals surface area contributed by atoms with E-state index in [2.05, 4.69) is 15.3 Å². The van der Waals surface area contributed by atoms with E-state index in [0.29, 0.717) is 37.0 Å². The van der Waals surface area contributed by atoms with Crippen molar-refractivity contribution in [2.24, 2.45) is 0 Å². The lowest BCUT2D eigenvalue weighted by Crippen LogP contribution is -2.39. The van der Waals surface area contributed by atoms with Crippen LogP contribution in [0.5, 0.6) is 0 Å². The van der Waals surface area contributed by atoms with E-state index in [4.69, 9.17) is 4.74 Å². The number of amides is 2. The number of ether oxygens (including phenoxy) is 1. The van der Waals surface area contributed by atoms with Crippen LogP contribution in [0, 0.1) is 0 Å². The Labute approximate surface area is 184 Å². The summed E-state index contributed by atoms with van der Waals surface area (Å²) in [5.41, 5.74) is 3.14. The first kappa shape index (κ1) is 20.2. The molecular weight excluding hydrogens is 410 g/mol. The van der Waals surface area contributed by atoms with E-state index in [-0.39, 0.29) is 29.9 Å². The van der Waals surface area contributed by atoms with Crippen LogP contribution in [-0.4, -0.2) is 53.4 Å². The lowest BCUT2D eigenvalue weighted by Gasteiger charge is -2.31. The van der Waals surface area contributed by atoms with E-state index in [1.54, 1.807) is 36.2 Å². The van der Waals surface area contributed by atoms with Gasteiger partial charge in [0.15, 0.2) is 5.69 Å². The summed E-state index contributed by atoms with van der Waals surface area (Å²) < 4.78 is 6.46. The molecule has 2 aliphatic heterocycles. The standard InChI is InChI=1S/C23H23N5O4/c1-24-21(29)20-17-6-2-3-7-18(17)22(30)28(25-20)14-26-10-9-16-15(13-26)5-4-8-19(16)27-11-12-32-23(27)31/h2-8H,9-14H2,1H3,(H,24,29). The first-order valence-corrected chi connectivity index (χ1v) is 10.6. The summed E-state index contributed by atoms with van der Waals surface area (Å²) in [6, 6.07) is 13.0. The van der Waals surface area contributed by atoms with Crippen molar-refractivity contribution in [1.29, 1.82) is 0 Å². The van der Waals surface area contributed by atoms with Gasteiger partial charge in [-0.05, 0) is 29.7 Å². The van der Waals surface area contributed by atoms with Crippen LogP contribution in [0.2, 0.25) is 0 Å². The number of aromatic nitrogens is 2. The number of nitrogens with one attached hydrogen (secondary N) is 1. The number of anilines is 1. The SMILES string of the molecule is CNC(=O)c1nn(CN2CCc3c(cccc3N3CCOC3=O)C2)c(=O)c2ccccc12. The molecule has 164 valence electrons. The van der Waals surface area contributed by atoms with E-state index >= 15 is 0 Å². The number of hydrogen-bond donors (Lipinski definition) is 1. The highest BCUT2D eigenvalue weighted by atomic mass is 16.6. The molecule has 0 spiro atoms. The van der Waals surface area contributed by atoms with Gasteiger partial charge < -0.3 is 10.1 Å². The van der Waals surface area contributed by atoms with Gasteiger partial charge in [0.1, 0.15) is 6.61 Å². The zero-order valence-electron chi connectivity index (χ0n) is 17.7. The van der Waals surface area contributed by atoms with Gasteiger partial charge in [0.2, 0.25) is 0 Å². The Morgan fingerprint density at radius 3 is 2.66 bits per heavy atom. The quantitative estimate of drug-likeness (QED) is 0.673. The molecular formula is C23H23N5O4. The highest BCUT2D eigenvalue weighted by Crippen LogP contribution is 2.30. The Morgan fingerprint density at radius 1 is 1.09 bits per heavy atom. The van der Waals surface area contributed by atoms with Crippen molar-refractivity contribution in [3.8, 4) is 0 Å². The Bertz CT molecular complexity index is 1290. The van der Waals surface area contributed by atoms with Crippen molar-refractivity contribution < 1.29 is 14.3 Å². The predicted molar refractivity (Wildman–Crippen MR) is 119 cm³/mol. The molecule has 2 aromatic carbocycles. The van der Waals surface area contributed by atoms with E-state index in [0.717, 1.165) is 23.2 Å². The average molecular weight is 433 g/mol. The van der Waals surface area contributed by atoms with E-state index < -0.39 is 0 Å². The third-order valence-electron chi connectivity index (χ3n) is 6.02. The fourth-order valence-electron chi connectivity index (χ4n) is 4.44. The van der Waals surface area contributed by atoms with Crippen LogP contribution in [0.1, 0.15) is 21.6 Å². The Balaban J connectivity index is 1.46. The Hall–Kier alpha value is -3.72. The molecule has 9 heteroatoms. The maximum absolute atomic E-state index is 13.1. The number of benzene rings is 2. The largest absolute Gasteiger partial charge is 0.447 e. The molecule has 0 saturated carbocycles. The zero-order valence-corrected chi connectivity index (χ0v) is 17.7. The van der Waals surface area contributed by atoms with Crippen LogP contribution in [0.3, 0.4) is 0 Å². The van der Waals surface area contributed by atoms with Crippen molar-refractivity contribution in [2.45, 2.75) is 19.6 Å². The molecule has 1 fully saturated rings. The molecule has 3 aromatic rings. The van der Waals surface area contributed by atoms with E-state index in [1.165, 1.54) is 4.68 Å². The van der Waals surface area contributed by atoms with Crippen LogP contribution in [0.4, 0.5) is 10.5 Å². The fraction of sp³-hybridized carbons (Fsp3) is 0.304. The second-order valence-corrected chi connectivity index (χ2v) is 7.90. The fourth-order valence-corrected chi connectivity index (χ4v) is 4.44. The second kappa shape index (κ2) is 8.08. The van der Waals surface area contributed by atoms with Gasteiger partial charge >= 0.3 is 6.09 Å². The van der Waals surface area contributed by atoms with Crippen molar-refractivity contribution >= 4 is 28.5 Å². The molecule has 1 saturated heterocycles. The second-order valence-electron chi connectivity index (χ2n) is 7.90. The van der Waals surface area contributed by atoms with Crippen LogP contribution >= 0.6 is 0 Å². The first-order chi connectivity index (χ1) is 15.6. The molecule has 1 N–H and O–H groups in total. The average Bonchev–Trinajstić information content (AvgIpc) is 3.25. The third-order valence-corrected chi connectivity index (χ3v) is 6.02. The van der Waals surface area contributed by atoms with E-state index in [1.807, 2.05) is 18.2 Å². The third kappa shape index (κ3) is 3.40. The molecule has 5 rings (SSSR count). The molecule has 0 atom stereocenters. The number of rotatable bonds is 4. The van der Waals surface area contributed by atoms with Gasteiger partial charge in [-0.1, -0.05) is 30.3 Å². The summed E-state index contributed by atoms with van der Waals surface area (Å²) in [6.45, 7) is 2.53. The molecule has 0 aliphatic carbocycles. The number of cyclic esters (lactones) is 1. The van der Waals surface area contributed by atoms with E-state index in [9.17, 15) is 14.4 Å². The minimum atomic E-state index is -0.332. The van der Waals surface area contributed by atoms with Crippen LogP contribution in [-0.2, 0) is 24.4 Å². The topological polar surface area (TPSA) is 96.8 Å². The van der Waals surface area contributed by atoms with Gasteiger partial charge in [0, 0.05) is 25.5 Å².